The summed E-state index contributed by atoms with van der Waals surface area (Å²) in [5.74, 6) is 2.57. The summed E-state index contributed by atoms with van der Waals surface area (Å²) in [6, 6.07) is 8.62. The van der Waals surface area contributed by atoms with Crippen molar-refractivity contribution in [3.05, 3.63) is 29.5 Å². The van der Waals surface area contributed by atoms with Crippen molar-refractivity contribution in [2.24, 2.45) is 11.8 Å². The van der Waals surface area contributed by atoms with Crippen LogP contribution >= 0.6 is 11.6 Å². The molecule has 4 rings (SSSR count). The highest BCUT2D eigenvalue weighted by Crippen LogP contribution is 2.46. The molecule has 0 spiro atoms. The molecule has 98 valence electrons. The molecule has 0 unspecified atom stereocenters. The fourth-order valence-corrected chi connectivity index (χ4v) is 3.02. The third kappa shape index (κ3) is 2.27. The van der Waals surface area contributed by atoms with E-state index in [9.17, 15) is 0 Å². The van der Waals surface area contributed by atoms with Crippen LogP contribution in [0.5, 0.6) is 0 Å². The van der Waals surface area contributed by atoms with E-state index in [1.165, 1.54) is 25.7 Å². The molecule has 19 heavy (non-hydrogen) atoms. The average Bonchev–Trinajstić information content (AvgIpc) is 3.28. The van der Waals surface area contributed by atoms with E-state index in [2.05, 4.69) is 21.4 Å². The Hall–Kier alpha value is -1.35. The largest absolute Gasteiger partial charge is 0.366 e. The van der Waals surface area contributed by atoms with Crippen LogP contribution in [0.4, 0.5) is 5.82 Å². The molecular weight excluding hydrogens is 258 g/mol. The number of benzene rings is 1. The minimum atomic E-state index is 0.326. The van der Waals surface area contributed by atoms with Gasteiger partial charge in [0.15, 0.2) is 0 Å². The van der Waals surface area contributed by atoms with Crippen LogP contribution in [0.2, 0.25) is 5.28 Å². The minimum Gasteiger partial charge on any atom is -0.366 e. The normalized spacial score (nSPS) is 19.1. The van der Waals surface area contributed by atoms with Gasteiger partial charge in [0.05, 0.1) is 5.52 Å². The lowest BCUT2D eigenvalue weighted by Crippen LogP contribution is -2.25. The number of hydrogen-bond acceptors (Lipinski definition) is 3. The van der Waals surface area contributed by atoms with Crippen LogP contribution < -0.4 is 5.32 Å². The molecule has 2 saturated carbocycles. The molecule has 0 atom stereocenters. The van der Waals surface area contributed by atoms with E-state index < -0.39 is 0 Å². The van der Waals surface area contributed by atoms with Crippen LogP contribution in [0.1, 0.15) is 25.7 Å². The maximum Gasteiger partial charge on any atom is 0.224 e. The smallest absolute Gasteiger partial charge is 0.224 e. The first-order valence-electron chi connectivity index (χ1n) is 7.00. The quantitative estimate of drug-likeness (QED) is 0.859. The Bertz CT molecular complexity index is 608. The van der Waals surface area contributed by atoms with Crippen LogP contribution in [0, 0.1) is 11.8 Å². The monoisotopic (exact) mass is 273 g/mol. The molecule has 0 saturated heterocycles. The van der Waals surface area contributed by atoms with Crippen LogP contribution in [-0.4, -0.2) is 16.0 Å². The van der Waals surface area contributed by atoms with Gasteiger partial charge in [0.1, 0.15) is 5.82 Å². The van der Waals surface area contributed by atoms with Crippen molar-refractivity contribution in [1.29, 1.82) is 0 Å². The van der Waals surface area contributed by atoms with Crippen LogP contribution in [-0.2, 0) is 0 Å². The van der Waals surface area contributed by atoms with Crippen molar-refractivity contribution in [3.8, 4) is 0 Å². The zero-order valence-corrected chi connectivity index (χ0v) is 11.4. The predicted molar refractivity (Wildman–Crippen MR) is 77.4 cm³/mol. The standard InChI is InChI=1S/C15H16ClN3/c16-15-17-12-4-2-1-3-11(12)14(19-15)18-13(9-5-6-9)10-7-8-10/h1-4,9-10,13H,5-8H2,(H,17,18,19). The molecule has 2 aromatic rings. The first-order chi connectivity index (χ1) is 9.31. The number of nitrogens with zero attached hydrogens (tertiary/aromatic N) is 2. The molecule has 2 fully saturated rings. The van der Waals surface area contributed by atoms with Gasteiger partial charge < -0.3 is 5.32 Å². The number of hydrogen-bond donors (Lipinski definition) is 1. The molecule has 1 heterocycles. The summed E-state index contributed by atoms with van der Waals surface area (Å²) in [5, 5.41) is 5.04. The van der Waals surface area contributed by atoms with Crippen LogP contribution in [0.15, 0.2) is 24.3 Å². The zero-order chi connectivity index (χ0) is 12.8. The Morgan fingerprint density at radius 2 is 1.74 bits per heavy atom. The Morgan fingerprint density at radius 3 is 2.42 bits per heavy atom. The number of rotatable bonds is 4. The topological polar surface area (TPSA) is 37.8 Å². The summed E-state index contributed by atoms with van der Waals surface area (Å²) < 4.78 is 0. The summed E-state index contributed by atoms with van der Waals surface area (Å²) in [4.78, 5) is 8.68. The van der Waals surface area contributed by atoms with Crippen LogP contribution in [0.25, 0.3) is 10.9 Å². The average molecular weight is 274 g/mol. The summed E-state index contributed by atoms with van der Waals surface area (Å²) in [6.45, 7) is 0. The number of para-hydroxylation sites is 1. The van der Waals surface area contributed by atoms with Gasteiger partial charge in [0.2, 0.25) is 5.28 Å². The molecule has 2 aliphatic rings. The molecule has 0 radical (unpaired) electrons. The Labute approximate surface area is 117 Å². The zero-order valence-electron chi connectivity index (χ0n) is 10.6. The number of aromatic nitrogens is 2. The SMILES string of the molecule is Clc1nc(NC(C2CC2)C2CC2)c2ccccc2n1. The fourth-order valence-electron chi connectivity index (χ4n) is 2.85. The van der Waals surface area contributed by atoms with E-state index in [0.29, 0.717) is 11.3 Å². The molecule has 4 heteroatoms. The van der Waals surface area contributed by atoms with E-state index in [0.717, 1.165) is 28.6 Å². The highest BCUT2D eigenvalue weighted by atomic mass is 35.5. The second kappa shape index (κ2) is 4.34. The molecule has 1 N–H and O–H groups in total. The van der Waals surface area contributed by atoms with Crippen molar-refractivity contribution < 1.29 is 0 Å². The first-order valence-corrected chi connectivity index (χ1v) is 7.38. The lowest BCUT2D eigenvalue weighted by molar-refractivity contribution is 0.566. The fraction of sp³-hybridized carbons (Fsp3) is 0.467. The predicted octanol–water partition coefficient (Wildman–Crippen LogP) is 3.88. The van der Waals surface area contributed by atoms with Gasteiger partial charge >= 0.3 is 0 Å². The highest BCUT2D eigenvalue weighted by molar-refractivity contribution is 6.28. The van der Waals surface area contributed by atoms with Gasteiger partial charge in [0, 0.05) is 11.4 Å². The van der Waals surface area contributed by atoms with Crippen molar-refractivity contribution in [2.45, 2.75) is 31.7 Å². The van der Waals surface area contributed by atoms with E-state index in [4.69, 9.17) is 11.6 Å². The molecule has 1 aromatic carbocycles. The van der Waals surface area contributed by atoms with Gasteiger partial charge in [-0.25, -0.2) is 9.97 Å². The third-order valence-corrected chi connectivity index (χ3v) is 4.31. The maximum atomic E-state index is 6.04. The van der Waals surface area contributed by atoms with Gasteiger partial charge in [-0.15, -0.1) is 0 Å². The van der Waals surface area contributed by atoms with Gasteiger partial charge in [-0.3, -0.25) is 0 Å². The van der Waals surface area contributed by atoms with Crippen molar-refractivity contribution in [3.63, 3.8) is 0 Å². The number of nitrogens with one attached hydrogen (secondary N) is 1. The van der Waals surface area contributed by atoms with E-state index in [-0.39, 0.29) is 0 Å². The molecule has 1 aromatic heterocycles. The van der Waals surface area contributed by atoms with Crippen molar-refractivity contribution >= 4 is 28.3 Å². The van der Waals surface area contributed by atoms with E-state index in [1.807, 2.05) is 18.2 Å². The van der Waals surface area contributed by atoms with Crippen LogP contribution in [0.3, 0.4) is 0 Å². The van der Waals surface area contributed by atoms with Gasteiger partial charge in [-0.1, -0.05) is 12.1 Å². The Kier molecular flexibility index (Phi) is 2.62. The summed E-state index contributed by atoms with van der Waals surface area (Å²) >= 11 is 6.04. The van der Waals surface area contributed by atoms with E-state index >= 15 is 0 Å². The van der Waals surface area contributed by atoms with Gasteiger partial charge in [0.25, 0.3) is 0 Å². The van der Waals surface area contributed by atoms with Gasteiger partial charge in [-0.2, -0.15) is 0 Å². The van der Waals surface area contributed by atoms with Gasteiger partial charge in [-0.05, 0) is 61.3 Å². The summed E-state index contributed by atoms with van der Waals surface area (Å²) in [6.07, 6.45) is 5.41. The third-order valence-electron chi connectivity index (χ3n) is 4.14. The summed E-state index contributed by atoms with van der Waals surface area (Å²) in [5.41, 5.74) is 0.912. The first kappa shape index (κ1) is 11.5. The molecule has 0 bridgehead atoms. The number of anilines is 1. The molecule has 2 aliphatic carbocycles. The number of halogens is 1. The maximum absolute atomic E-state index is 6.04. The highest BCUT2D eigenvalue weighted by Gasteiger charge is 2.41. The second-order valence-electron chi connectivity index (χ2n) is 5.70. The molecule has 0 aliphatic heterocycles. The van der Waals surface area contributed by atoms with E-state index in [1.54, 1.807) is 0 Å². The second-order valence-corrected chi connectivity index (χ2v) is 6.04. The molecule has 0 amide bonds. The number of fused-ring (bicyclic) bond motifs is 1. The Balaban J connectivity index is 1.72. The summed E-state index contributed by atoms with van der Waals surface area (Å²) in [7, 11) is 0. The molecular formula is C15H16ClN3. The lowest BCUT2D eigenvalue weighted by Gasteiger charge is -2.19. The molecule has 3 nitrogen and oxygen atoms in total. The van der Waals surface area contributed by atoms with Crippen molar-refractivity contribution in [2.75, 3.05) is 5.32 Å². The van der Waals surface area contributed by atoms with Crippen molar-refractivity contribution in [1.82, 2.24) is 9.97 Å². The Morgan fingerprint density at radius 1 is 1.05 bits per heavy atom. The minimum absolute atomic E-state index is 0.326. The lowest BCUT2D eigenvalue weighted by atomic mass is 10.1.